The van der Waals surface area contributed by atoms with E-state index in [-0.39, 0.29) is 11.1 Å². The Morgan fingerprint density at radius 2 is 1.47 bits per heavy atom. The van der Waals surface area contributed by atoms with Gasteiger partial charge in [0.25, 0.3) is 0 Å². The van der Waals surface area contributed by atoms with Gasteiger partial charge in [0, 0.05) is 5.56 Å². The second kappa shape index (κ2) is 9.65. The van der Waals surface area contributed by atoms with E-state index < -0.39 is 23.7 Å². The Balaban J connectivity index is 1.62. The number of hydrogen-bond donors (Lipinski definition) is 0. The first-order chi connectivity index (χ1) is 16.0. The fourth-order valence-corrected chi connectivity index (χ4v) is 5.33. The highest BCUT2D eigenvalue weighted by atomic mass is 31.0. The molecule has 34 heavy (non-hydrogen) atoms. The van der Waals surface area contributed by atoms with Gasteiger partial charge in [-0.3, -0.25) is 0 Å². The van der Waals surface area contributed by atoms with Gasteiger partial charge >= 0.3 is 6.36 Å². The highest BCUT2D eigenvalue weighted by molar-refractivity contribution is 7.28. The van der Waals surface area contributed by atoms with Crippen LogP contribution in [0.4, 0.5) is 22.0 Å². The third-order valence-corrected chi connectivity index (χ3v) is 7.08. The zero-order valence-corrected chi connectivity index (χ0v) is 20.1. The van der Waals surface area contributed by atoms with Crippen molar-refractivity contribution < 1.29 is 26.7 Å². The number of alkyl halides is 3. The molecule has 1 unspecified atom stereocenters. The summed E-state index contributed by atoms with van der Waals surface area (Å²) in [6, 6.07) is 12.3. The van der Waals surface area contributed by atoms with Crippen LogP contribution in [0.5, 0.6) is 5.75 Å². The number of ether oxygens (including phenoxy) is 1. The van der Waals surface area contributed by atoms with E-state index in [4.69, 9.17) is 0 Å². The first kappa shape index (κ1) is 24.7. The van der Waals surface area contributed by atoms with Crippen LogP contribution in [0.3, 0.4) is 0 Å². The summed E-state index contributed by atoms with van der Waals surface area (Å²) in [6.07, 6.45) is -0.171. The molecule has 1 aliphatic rings. The Morgan fingerprint density at radius 3 is 2.06 bits per heavy atom. The number of benzene rings is 3. The maximum Gasteiger partial charge on any atom is 0.573 e. The molecule has 1 nitrogen and oxygen atoms in total. The van der Waals surface area contributed by atoms with Gasteiger partial charge in [0.2, 0.25) is 0 Å². The Hall–Kier alpha value is -2.46. The molecule has 0 aliphatic heterocycles. The van der Waals surface area contributed by atoms with Gasteiger partial charge in [0.15, 0.2) is 11.6 Å². The lowest BCUT2D eigenvalue weighted by Crippen LogP contribution is -2.18. The number of halogens is 5. The van der Waals surface area contributed by atoms with Crippen molar-refractivity contribution in [2.24, 2.45) is 5.92 Å². The van der Waals surface area contributed by atoms with Crippen molar-refractivity contribution in [3.8, 4) is 28.0 Å². The maximum atomic E-state index is 15.1. The fraction of sp³-hybridized carbons (Fsp3) is 0.333. The van der Waals surface area contributed by atoms with Crippen LogP contribution in [0.15, 0.2) is 48.5 Å². The lowest BCUT2D eigenvalue weighted by Gasteiger charge is -2.27. The highest BCUT2D eigenvalue weighted by Crippen LogP contribution is 2.38. The molecule has 1 saturated carbocycles. The molecule has 4 rings (SSSR count). The fourth-order valence-electron chi connectivity index (χ4n) is 4.85. The summed E-state index contributed by atoms with van der Waals surface area (Å²) in [5.74, 6) is -1.43. The summed E-state index contributed by atoms with van der Waals surface area (Å²) in [5.41, 5.74) is 4.30. The van der Waals surface area contributed by atoms with Crippen molar-refractivity contribution >= 4 is 14.5 Å². The van der Waals surface area contributed by atoms with E-state index in [0.717, 1.165) is 23.6 Å². The molecule has 1 fully saturated rings. The van der Waals surface area contributed by atoms with Crippen molar-refractivity contribution in [2.75, 3.05) is 0 Å². The van der Waals surface area contributed by atoms with E-state index in [0.29, 0.717) is 16.8 Å². The standard InChI is InChI=1S/C27H26F5OP/c1-15-3-5-17(6-4-15)21-9-7-18(11-16(21)2)20-13-23(29)26(25(34)14-20)19-8-10-24(22(28)12-19)33-27(30,31)32/h7-15,17H,3-6,34H2,1-2H3. The molecule has 1 aliphatic carbocycles. The lowest BCUT2D eigenvalue weighted by molar-refractivity contribution is -0.275. The smallest absolute Gasteiger partial charge is 0.403 e. The van der Waals surface area contributed by atoms with Gasteiger partial charge in [0.1, 0.15) is 5.82 Å². The predicted molar refractivity (Wildman–Crippen MR) is 128 cm³/mol. The van der Waals surface area contributed by atoms with E-state index >= 15 is 4.39 Å². The minimum absolute atomic E-state index is 0.107. The molecule has 0 aromatic heterocycles. The summed E-state index contributed by atoms with van der Waals surface area (Å²) in [5, 5.41) is 0.474. The van der Waals surface area contributed by atoms with Gasteiger partial charge in [-0.25, -0.2) is 8.78 Å². The van der Waals surface area contributed by atoms with E-state index in [2.05, 4.69) is 40.0 Å². The zero-order valence-electron chi connectivity index (χ0n) is 19.0. The quantitative estimate of drug-likeness (QED) is 0.263. The van der Waals surface area contributed by atoms with Crippen molar-refractivity contribution in [2.45, 2.75) is 51.8 Å². The molecule has 7 heteroatoms. The molecule has 0 amide bonds. The van der Waals surface area contributed by atoms with Crippen LogP contribution in [0, 0.1) is 24.5 Å². The largest absolute Gasteiger partial charge is 0.573 e. The number of hydrogen-bond acceptors (Lipinski definition) is 1. The molecule has 3 aromatic carbocycles. The normalized spacial score (nSPS) is 18.7. The van der Waals surface area contributed by atoms with E-state index in [9.17, 15) is 17.6 Å². The summed E-state index contributed by atoms with van der Waals surface area (Å²) < 4.78 is 70.2. The highest BCUT2D eigenvalue weighted by Gasteiger charge is 2.32. The van der Waals surface area contributed by atoms with Gasteiger partial charge in [0.05, 0.1) is 0 Å². The van der Waals surface area contributed by atoms with Gasteiger partial charge in [-0.2, -0.15) is 0 Å². The molecular weight excluding hydrogens is 466 g/mol. The first-order valence-electron chi connectivity index (χ1n) is 11.3. The van der Waals surface area contributed by atoms with Crippen molar-refractivity contribution in [1.82, 2.24) is 0 Å². The zero-order chi connectivity index (χ0) is 24.6. The van der Waals surface area contributed by atoms with E-state index in [1.54, 1.807) is 6.07 Å². The van der Waals surface area contributed by atoms with Crippen LogP contribution < -0.4 is 10.0 Å². The average molecular weight is 492 g/mol. The molecule has 1 atom stereocenters. The van der Waals surface area contributed by atoms with E-state index in [1.807, 2.05) is 6.07 Å². The lowest BCUT2D eigenvalue weighted by atomic mass is 9.78. The monoisotopic (exact) mass is 492 g/mol. The van der Waals surface area contributed by atoms with Gasteiger partial charge in [-0.05, 0) is 89.0 Å². The van der Waals surface area contributed by atoms with Crippen molar-refractivity contribution in [1.29, 1.82) is 0 Å². The molecule has 0 N–H and O–H groups in total. The van der Waals surface area contributed by atoms with Crippen molar-refractivity contribution in [3.63, 3.8) is 0 Å². The molecule has 180 valence electrons. The Bertz CT molecular complexity index is 1170. The molecule has 0 heterocycles. The summed E-state index contributed by atoms with van der Waals surface area (Å²) in [4.78, 5) is 0. The SMILES string of the molecule is Cc1cc(-c2cc(F)c(-c3ccc(OC(F)(F)F)c(F)c3)c(P)c2)ccc1C1CCC(C)CC1. The van der Waals surface area contributed by atoms with Crippen LogP contribution in [-0.4, -0.2) is 6.36 Å². The molecule has 0 spiro atoms. The Labute approximate surface area is 198 Å². The Kier molecular flexibility index (Phi) is 7.00. The summed E-state index contributed by atoms with van der Waals surface area (Å²) in [7, 11) is 2.43. The molecule has 0 bridgehead atoms. The van der Waals surface area contributed by atoms with Gasteiger partial charge in [-0.15, -0.1) is 22.4 Å². The molecule has 0 saturated heterocycles. The first-order valence-corrected chi connectivity index (χ1v) is 11.8. The van der Waals surface area contributed by atoms with Crippen LogP contribution in [0.1, 0.15) is 49.7 Å². The summed E-state index contributed by atoms with van der Waals surface area (Å²) in [6.45, 7) is 4.38. The minimum Gasteiger partial charge on any atom is -0.403 e. The number of rotatable bonds is 4. The van der Waals surface area contributed by atoms with Crippen LogP contribution >= 0.6 is 9.24 Å². The topological polar surface area (TPSA) is 9.23 Å². The van der Waals surface area contributed by atoms with Gasteiger partial charge < -0.3 is 4.74 Å². The van der Waals surface area contributed by atoms with E-state index in [1.165, 1.54) is 48.9 Å². The molecule has 3 aromatic rings. The van der Waals surface area contributed by atoms with Gasteiger partial charge in [-0.1, -0.05) is 44.0 Å². The second-order valence-electron chi connectivity index (χ2n) is 9.14. The number of aryl methyl sites for hydroxylation is 1. The van der Waals surface area contributed by atoms with Crippen LogP contribution in [-0.2, 0) is 0 Å². The maximum absolute atomic E-state index is 15.1. The predicted octanol–water partition coefficient (Wildman–Crippen LogP) is 8.30. The summed E-state index contributed by atoms with van der Waals surface area (Å²) >= 11 is 0. The van der Waals surface area contributed by atoms with Crippen LogP contribution in [0.2, 0.25) is 0 Å². The average Bonchev–Trinajstić information content (AvgIpc) is 2.75. The van der Waals surface area contributed by atoms with Crippen LogP contribution in [0.25, 0.3) is 22.3 Å². The molecule has 0 radical (unpaired) electrons. The second-order valence-corrected chi connectivity index (χ2v) is 9.77. The van der Waals surface area contributed by atoms with Crippen molar-refractivity contribution in [3.05, 3.63) is 71.3 Å². The minimum atomic E-state index is -5.01. The molecular formula is C27H26F5OP. The third-order valence-electron chi connectivity index (χ3n) is 6.63. The third kappa shape index (κ3) is 5.43. The Morgan fingerprint density at radius 1 is 0.824 bits per heavy atom.